The van der Waals surface area contributed by atoms with E-state index in [1.165, 1.54) is 6.33 Å². The van der Waals surface area contributed by atoms with E-state index in [9.17, 15) is 4.79 Å². The quantitative estimate of drug-likeness (QED) is 0.848. The number of carbonyl (C=O) groups is 1. The number of hydrogen-bond acceptors (Lipinski definition) is 5. The second-order valence-corrected chi connectivity index (χ2v) is 6.49. The van der Waals surface area contributed by atoms with Gasteiger partial charge in [0.2, 0.25) is 0 Å². The van der Waals surface area contributed by atoms with Gasteiger partial charge in [0.25, 0.3) is 5.91 Å². The molecular weight excluding hydrogens is 334 g/mol. The number of nitrogens with one attached hydrogen (secondary N) is 1. The van der Waals surface area contributed by atoms with Crippen molar-refractivity contribution in [3.8, 4) is 0 Å². The molecule has 1 amide bonds. The number of rotatable bonds is 5. The van der Waals surface area contributed by atoms with E-state index in [4.69, 9.17) is 0 Å². The van der Waals surface area contributed by atoms with Gasteiger partial charge in [-0.2, -0.15) is 0 Å². The van der Waals surface area contributed by atoms with Crippen LogP contribution in [0.25, 0.3) is 0 Å². The third kappa shape index (κ3) is 5.01. The molecule has 1 aliphatic heterocycles. The summed E-state index contributed by atoms with van der Waals surface area (Å²) in [7, 11) is 2.15. The number of likely N-dealkylation sites (N-methyl/N-ethyl adjacent to an activating group) is 1. The highest BCUT2D eigenvalue weighted by Crippen LogP contribution is 2.11. The first-order valence-electron chi connectivity index (χ1n) is 7.21. The van der Waals surface area contributed by atoms with Crippen LogP contribution in [-0.4, -0.2) is 72.0 Å². The van der Waals surface area contributed by atoms with Gasteiger partial charge in [-0.1, -0.05) is 6.92 Å². The second-order valence-electron chi connectivity index (χ2n) is 5.64. The van der Waals surface area contributed by atoms with E-state index in [1.54, 1.807) is 6.20 Å². The zero-order valence-electron chi connectivity index (χ0n) is 12.5. The standard InChI is InChI=1S/C14H22BrN5O/c1-11(9-20-5-3-19(2)4-6-20)7-17-14(21)13-12(15)8-16-10-18-13/h8,10-11H,3-7,9H2,1-2H3,(H,17,21). The third-order valence-corrected chi connectivity index (χ3v) is 4.24. The maximum Gasteiger partial charge on any atom is 0.271 e. The molecule has 0 saturated carbocycles. The minimum Gasteiger partial charge on any atom is -0.350 e. The molecule has 7 heteroatoms. The Kier molecular flexibility index (Phi) is 6.08. The molecule has 2 rings (SSSR count). The summed E-state index contributed by atoms with van der Waals surface area (Å²) in [5.74, 6) is 0.257. The molecule has 0 aromatic carbocycles. The van der Waals surface area contributed by atoms with Crippen LogP contribution in [-0.2, 0) is 0 Å². The molecule has 0 radical (unpaired) electrons. The number of piperazine rings is 1. The molecule has 1 aromatic rings. The highest BCUT2D eigenvalue weighted by atomic mass is 79.9. The van der Waals surface area contributed by atoms with Crippen molar-refractivity contribution in [2.45, 2.75) is 6.92 Å². The largest absolute Gasteiger partial charge is 0.350 e. The average molecular weight is 356 g/mol. The Morgan fingerprint density at radius 1 is 1.43 bits per heavy atom. The van der Waals surface area contributed by atoms with Crippen molar-refractivity contribution in [1.82, 2.24) is 25.1 Å². The second kappa shape index (κ2) is 7.82. The predicted octanol–water partition coefficient (Wildman–Crippen LogP) is 0.852. The molecule has 6 nitrogen and oxygen atoms in total. The Morgan fingerprint density at radius 2 is 2.14 bits per heavy atom. The third-order valence-electron chi connectivity index (χ3n) is 3.66. The highest BCUT2D eigenvalue weighted by molar-refractivity contribution is 9.10. The normalized spacial score (nSPS) is 18.4. The fourth-order valence-electron chi connectivity index (χ4n) is 2.37. The predicted molar refractivity (Wildman–Crippen MR) is 85.2 cm³/mol. The molecule has 1 saturated heterocycles. The van der Waals surface area contributed by atoms with Crippen LogP contribution in [0, 0.1) is 5.92 Å². The minimum atomic E-state index is -0.158. The summed E-state index contributed by atoms with van der Waals surface area (Å²) >= 11 is 3.29. The summed E-state index contributed by atoms with van der Waals surface area (Å²) in [6.07, 6.45) is 2.96. The summed E-state index contributed by atoms with van der Waals surface area (Å²) in [5.41, 5.74) is 0.386. The van der Waals surface area contributed by atoms with Crippen molar-refractivity contribution < 1.29 is 4.79 Å². The van der Waals surface area contributed by atoms with Gasteiger partial charge in [0.05, 0.1) is 4.47 Å². The Balaban J connectivity index is 1.75. The van der Waals surface area contributed by atoms with Gasteiger partial charge in [-0.05, 0) is 28.9 Å². The smallest absolute Gasteiger partial charge is 0.271 e. The van der Waals surface area contributed by atoms with Crippen LogP contribution in [0.3, 0.4) is 0 Å². The molecule has 1 unspecified atom stereocenters. The van der Waals surface area contributed by atoms with Crippen molar-refractivity contribution in [3.63, 3.8) is 0 Å². The zero-order valence-corrected chi connectivity index (χ0v) is 14.1. The van der Waals surface area contributed by atoms with Crippen LogP contribution in [0.15, 0.2) is 17.0 Å². The van der Waals surface area contributed by atoms with Crippen LogP contribution in [0.5, 0.6) is 0 Å². The van der Waals surface area contributed by atoms with Gasteiger partial charge in [0.15, 0.2) is 0 Å². The van der Waals surface area contributed by atoms with E-state index >= 15 is 0 Å². The first-order chi connectivity index (χ1) is 10.1. The van der Waals surface area contributed by atoms with Crippen molar-refractivity contribution in [2.24, 2.45) is 5.92 Å². The summed E-state index contributed by atoms with van der Waals surface area (Å²) in [5, 5.41) is 2.94. The molecular formula is C14H22BrN5O. The molecule has 2 heterocycles. The summed E-state index contributed by atoms with van der Waals surface area (Å²) in [6, 6.07) is 0. The molecule has 0 spiro atoms. The molecule has 0 aliphatic carbocycles. The Bertz CT molecular complexity index is 476. The van der Waals surface area contributed by atoms with Gasteiger partial charge < -0.3 is 15.1 Å². The van der Waals surface area contributed by atoms with Crippen LogP contribution in [0.4, 0.5) is 0 Å². The van der Waals surface area contributed by atoms with Gasteiger partial charge in [-0.3, -0.25) is 4.79 Å². The van der Waals surface area contributed by atoms with Gasteiger partial charge in [0.1, 0.15) is 12.0 Å². The van der Waals surface area contributed by atoms with E-state index in [-0.39, 0.29) is 5.91 Å². The van der Waals surface area contributed by atoms with Crippen molar-refractivity contribution in [1.29, 1.82) is 0 Å². The molecule has 1 atom stereocenters. The summed E-state index contributed by atoms with van der Waals surface area (Å²) < 4.78 is 0.620. The molecule has 1 aliphatic rings. The van der Waals surface area contributed by atoms with Crippen LogP contribution in [0.1, 0.15) is 17.4 Å². The first kappa shape index (κ1) is 16.3. The Morgan fingerprint density at radius 3 is 2.81 bits per heavy atom. The molecule has 21 heavy (non-hydrogen) atoms. The van der Waals surface area contributed by atoms with Gasteiger partial charge >= 0.3 is 0 Å². The zero-order chi connectivity index (χ0) is 15.2. The van der Waals surface area contributed by atoms with Crippen molar-refractivity contribution >= 4 is 21.8 Å². The Labute approximate surface area is 134 Å². The maximum absolute atomic E-state index is 12.1. The number of halogens is 1. The highest BCUT2D eigenvalue weighted by Gasteiger charge is 2.17. The van der Waals surface area contributed by atoms with E-state index in [0.29, 0.717) is 22.6 Å². The molecule has 0 bridgehead atoms. The molecule has 1 fully saturated rings. The average Bonchev–Trinajstić information content (AvgIpc) is 2.48. The van der Waals surface area contributed by atoms with Gasteiger partial charge in [0, 0.05) is 45.5 Å². The molecule has 1 N–H and O–H groups in total. The minimum absolute atomic E-state index is 0.158. The van der Waals surface area contributed by atoms with Crippen LogP contribution >= 0.6 is 15.9 Å². The molecule has 1 aromatic heterocycles. The number of aromatic nitrogens is 2. The summed E-state index contributed by atoms with van der Waals surface area (Å²) in [6.45, 7) is 8.27. The number of nitrogens with zero attached hydrogens (tertiary/aromatic N) is 4. The number of hydrogen-bond donors (Lipinski definition) is 1. The van der Waals surface area contributed by atoms with E-state index in [0.717, 1.165) is 32.7 Å². The van der Waals surface area contributed by atoms with Crippen molar-refractivity contribution in [2.75, 3.05) is 46.3 Å². The van der Waals surface area contributed by atoms with E-state index in [1.807, 2.05) is 0 Å². The lowest BCUT2D eigenvalue weighted by atomic mass is 10.1. The lowest BCUT2D eigenvalue weighted by Gasteiger charge is -2.33. The van der Waals surface area contributed by atoms with Crippen LogP contribution in [0.2, 0.25) is 0 Å². The monoisotopic (exact) mass is 355 g/mol. The fourth-order valence-corrected chi connectivity index (χ4v) is 2.77. The van der Waals surface area contributed by atoms with E-state index < -0.39 is 0 Å². The fraction of sp³-hybridized carbons (Fsp3) is 0.643. The van der Waals surface area contributed by atoms with Gasteiger partial charge in [-0.15, -0.1) is 0 Å². The van der Waals surface area contributed by atoms with Crippen LogP contribution < -0.4 is 5.32 Å². The number of amides is 1. The molecule has 116 valence electrons. The SMILES string of the molecule is CC(CNC(=O)c1ncncc1Br)CN1CCN(C)CC1. The topological polar surface area (TPSA) is 61.4 Å². The number of carbonyl (C=O) groups excluding carboxylic acids is 1. The van der Waals surface area contributed by atoms with E-state index in [2.05, 4.69) is 55.0 Å². The van der Waals surface area contributed by atoms with Crippen molar-refractivity contribution in [3.05, 3.63) is 22.7 Å². The Hall–Kier alpha value is -1.05. The lowest BCUT2D eigenvalue weighted by molar-refractivity contribution is 0.0931. The summed E-state index contributed by atoms with van der Waals surface area (Å²) in [4.78, 5) is 24.7. The lowest BCUT2D eigenvalue weighted by Crippen LogP contribution is -2.47. The first-order valence-corrected chi connectivity index (χ1v) is 8.00. The van der Waals surface area contributed by atoms with Gasteiger partial charge in [-0.25, -0.2) is 9.97 Å². The maximum atomic E-state index is 12.1.